The number of hydrogen-bond donors (Lipinski definition) is 1. The van der Waals surface area contributed by atoms with Gasteiger partial charge in [-0.15, -0.1) is 0 Å². The maximum absolute atomic E-state index is 13.2. The molecule has 0 atom stereocenters. The molecule has 2 heterocycles. The Kier molecular flexibility index (Phi) is 5.08. The molecule has 0 unspecified atom stereocenters. The number of benzene rings is 1. The number of aromatic nitrogens is 2. The van der Waals surface area contributed by atoms with Gasteiger partial charge in [-0.1, -0.05) is 12.1 Å². The van der Waals surface area contributed by atoms with Crippen LogP contribution >= 0.6 is 0 Å². The number of nitrogens with zero attached hydrogens (tertiary/aromatic N) is 4. The number of carbonyl (C=O) groups excluding carboxylic acids is 1. The Labute approximate surface area is 144 Å². The van der Waals surface area contributed by atoms with E-state index in [4.69, 9.17) is 5.11 Å². The summed E-state index contributed by atoms with van der Waals surface area (Å²) in [6.45, 7) is 3.27. The summed E-state index contributed by atoms with van der Waals surface area (Å²) in [7, 11) is 0. The van der Waals surface area contributed by atoms with Gasteiger partial charge in [0.2, 0.25) is 5.91 Å². The van der Waals surface area contributed by atoms with Gasteiger partial charge in [-0.3, -0.25) is 14.4 Å². The Bertz CT molecular complexity index is 769. The molecule has 1 saturated heterocycles. The Morgan fingerprint density at radius 3 is 2.60 bits per heavy atom. The first kappa shape index (κ1) is 17.1. The van der Waals surface area contributed by atoms with Gasteiger partial charge in [0.1, 0.15) is 12.4 Å². The van der Waals surface area contributed by atoms with E-state index in [9.17, 15) is 14.0 Å². The van der Waals surface area contributed by atoms with E-state index in [1.165, 1.54) is 29.2 Å². The monoisotopic (exact) mass is 346 g/mol. The highest BCUT2D eigenvalue weighted by Gasteiger charge is 2.21. The average Bonchev–Trinajstić information content (AvgIpc) is 3.04. The third-order valence-corrected chi connectivity index (χ3v) is 4.20. The molecule has 1 N–H and O–H groups in total. The van der Waals surface area contributed by atoms with E-state index >= 15 is 0 Å². The summed E-state index contributed by atoms with van der Waals surface area (Å²) in [5, 5.41) is 12.8. The van der Waals surface area contributed by atoms with Crippen LogP contribution in [-0.4, -0.2) is 62.7 Å². The van der Waals surface area contributed by atoms with Gasteiger partial charge in [0.15, 0.2) is 0 Å². The smallest absolute Gasteiger partial charge is 0.338 e. The Morgan fingerprint density at radius 2 is 1.96 bits per heavy atom. The molecule has 0 radical (unpaired) electrons. The quantitative estimate of drug-likeness (QED) is 0.876. The number of carbonyl (C=O) groups is 2. The third-order valence-electron chi connectivity index (χ3n) is 4.20. The molecule has 1 amide bonds. The van der Waals surface area contributed by atoms with Crippen molar-refractivity contribution in [3.63, 3.8) is 0 Å². The molecule has 132 valence electrons. The van der Waals surface area contributed by atoms with Gasteiger partial charge in [0, 0.05) is 38.9 Å². The second kappa shape index (κ2) is 7.43. The number of rotatable bonds is 5. The maximum atomic E-state index is 13.2. The second-order valence-electron chi connectivity index (χ2n) is 6.02. The molecule has 1 aliphatic heterocycles. The molecule has 0 spiro atoms. The van der Waals surface area contributed by atoms with E-state index in [0.29, 0.717) is 32.7 Å². The molecule has 1 fully saturated rings. The van der Waals surface area contributed by atoms with Crippen molar-refractivity contribution in [1.29, 1.82) is 0 Å². The van der Waals surface area contributed by atoms with E-state index in [1.807, 2.05) is 6.07 Å². The van der Waals surface area contributed by atoms with Crippen LogP contribution in [0.1, 0.15) is 15.9 Å². The van der Waals surface area contributed by atoms with Gasteiger partial charge in [-0.25, -0.2) is 9.18 Å². The lowest BCUT2D eigenvalue weighted by Crippen LogP contribution is -2.49. The number of hydrogen-bond acceptors (Lipinski definition) is 4. The molecular weight excluding hydrogens is 327 g/mol. The van der Waals surface area contributed by atoms with E-state index in [0.717, 1.165) is 5.56 Å². The fraction of sp³-hybridized carbons (Fsp3) is 0.353. The lowest BCUT2D eigenvalue weighted by atomic mass is 10.2. The highest BCUT2D eigenvalue weighted by Crippen LogP contribution is 2.10. The maximum Gasteiger partial charge on any atom is 0.338 e. The van der Waals surface area contributed by atoms with Crippen LogP contribution in [-0.2, 0) is 17.9 Å². The second-order valence-corrected chi connectivity index (χ2v) is 6.02. The molecule has 0 bridgehead atoms. The van der Waals surface area contributed by atoms with Gasteiger partial charge in [0.25, 0.3) is 0 Å². The lowest BCUT2D eigenvalue weighted by molar-refractivity contribution is -0.133. The molecule has 1 aromatic carbocycles. The summed E-state index contributed by atoms with van der Waals surface area (Å²) < 4.78 is 14.6. The van der Waals surface area contributed by atoms with Crippen LogP contribution in [0.5, 0.6) is 0 Å². The Balaban J connectivity index is 1.49. The van der Waals surface area contributed by atoms with Crippen molar-refractivity contribution in [2.45, 2.75) is 13.1 Å². The molecule has 1 aromatic heterocycles. The van der Waals surface area contributed by atoms with Crippen LogP contribution in [0.3, 0.4) is 0 Å². The minimum Gasteiger partial charge on any atom is -0.478 e. The summed E-state index contributed by atoms with van der Waals surface area (Å²) in [5.74, 6) is -1.40. The molecule has 0 aliphatic carbocycles. The van der Waals surface area contributed by atoms with E-state index in [1.54, 1.807) is 11.0 Å². The third kappa shape index (κ3) is 4.42. The molecule has 8 heteroatoms. The number of carboxylic acid groups (broad SMARTS) is 1. The van der Waals surface area contributed by atoms with Gasteiger partial charge in [0.05, 0.1) is 11.8 Å². The minimum absolute atomic E-state index is 0.0250. The minimum atomic E-state index is -1.07. The average molecular weight is 346 g/mol. The summed E-state index contributed by atoms with van der Waals surface area (Å²) in [6, 6.07) is 6.53. The van der Waals surface area contributed by atoms with Crippen LogP contribution in [0.25, 0.3) is 0 Å². The largest absolute Gasteiger partial charge is 0.478 e. The predicted molar refractivity (Wildman–Crippen MR) is 87.4 cm³/mol. The SMILES string of the molecule is O=C(O)c1cnn(CC(=O)N2CCN(Cc3cccc(F)c3)CC2)c1. The van der Waals surface area contributed by atoms with Crippen LogP contribution < -0.4 is 0 Å². The van der Waals surface area contributed by atoms with Crippen molar-refractivity contribution in [2.24, 2.45) is 0 Å². The summed E-state index contributed by atoms with van der Waals surface area (Å²) >= 11 is 0. The molecule has 3 rings (SSSR count). The zero-order valence-electron chi connectivity index (χ0n) is 13.6. The fourth-order valence-corrected chi connectivity index (χ4v) is 2.85. The summed E-state index contributed by atoms with van der Waals surface area (Å²) in [6.07, 6.45) is 2.58. The normalized spacial score (nSPS) is 15.3. The predicted octanol–water partition coefficient (Wildman–Crippen LogP) is 1.06. The van der Waals surface area contributed by atoms with E-state index < -0.39 is 5.97 Å². The number of carboxylic acids is 1. The molecule has 7 nitrogen and oxygen atoms in total. The van der Waals surface area contributed by atoms with Gasteiger partial charge < -0.3 is 10.0 Å². The van der Waals surface area contributed by atoms with E-state index in [-0.39, 0.29) is 23.8 Å². The van der Waals surface area contributed by atoms with Crippen LogP contribution in [0.4, 0.5) is 4.39 Å². The summed E-state index contributed by atoms with van der Waals surface area (Å²) in [4.78, 5) is 27.1. The van der Waals surface area contributed by atoms with Crippen molar-refractivity contribution in [3.05, 3.63) is 53.6 Å². The molecule has 2 aromatic rings. The topological polar surface area (TPSA) is 78.7 Å². The van der Waals surface area contributed by atoms with Crippen molar-refractivity contribution < 1.29 is 19.1 Å². The highest BCUT2D eigenvalue weighted by molar-refractivity contribution is 5.87. The molecule has 25 heavy (non-hydrogen) atoms. The number of halogens is 1. The van der Waals surface area contributed by atoms with Crippen LogP contribution in [0, 0.1) is 5.82 Å². The fourth-order valence-electron chi connectivity index (χ4n) is 2.85. The lowest BCUT2D eigenvalue weighted by Gasteiger charge is -2.34. The number of piperazine rings is 1. The van der Waals surface area contributed by atoms with Crippen LogP contribution in [0.15, 0.2) is 36.7 Å². The summed E-state index contributed by atoms with van der Waals surface area (Å²) in [5.41, 5.74) is 0.977. The molecule has 1 aliphatic rings. The standard InChI is InChI=1S/C17H19FN4O3/c18-15-3-1-2-13(8-15)10-20-4-6-21(7-5-20)16(23)12-22-11-14(9-19-22)17(24)25/h1-3,8-9,11H,4-7,10,12H2,(H,24,25). The van der Waals surface area contributed by atoms with Gasteiger partial charge in [-0.05, 0) is 17.7 Å². The van der Waals surface area contributed by atoms with Crippen molar-refractivity contribution in [2.75, 3.05) is 26.2 Å². The van der Waals surface area contributed by atoms with Gasteiger partial charge in [-0.2, -0.15) is 5.10 Å². The van der Waals surface area contributed by atoms with Crippen molar-refractivity contribution in [1.82, 2.24) is 19.6 Å². The molecule has 0 saturated carbocycles. The first-order valence-corrected chi connectivity index (χ1v) is 8.01. The van der Waals surface area contributed by atoms with Crippen molar-refractivity contribution >= 4 is 11.9 Å². The Hall–Kier alpha value is -2.74. The Morgan fingerprint density at radius 1 is 1.20 bits per heavy atom. The zero-order valence-corrected chi connectivity index (χ0v) is 13.6. The molecular formula is C17H19FN4O3. The number of aromatic carboxylic acids is 1. The first-order chi connectivity index (χ1) is 12.0. The first-order valence-electron chi connectivity index (χ1n) is 8.01. The zero-order chi connectivity index (χ0) is 17.8. The highest BCUT2D eigenvalue weighted by atomic mass is 19.1. The van der Waals surface area contributed by atoms with Crippen molar-refractivity contribution in [3.8, 4) is 0 Å². The van der Waals surface area contributed by atoms with E-state index in [2.05, 4.69) is 10.00 Å². The number of amides is 1. The van der Waals surface area contributed by atoms with Gasteiger partial charge >= 0.3 is 5.97 Å². The van der Waals surface area contributed by atoms with Crippen LogP contribution in [0.2, 0.25) is 0 Å².